The monoisotopic (exact) mass is 346 g/mol. The average Bonchev–Trinajstić information content (AvgIpc) is 2.92. The number of hydrogen-bond donors (Lipinski definition) is 4. The van der Waals surface area contributed by atoms with E-state index in [4.69, 9.17) is 4.74 Å². The molecule has 0 radical (unpaired) electrons. The summed E-state index contributed by atoms with van der Waals surface area (Å²) in [6.45, 7) is 2.02. The van der Waals surface area contributed by atoms with Crippen molar-refractivity contribution in [2.75, 3.05) is 26.0 Å². The van der Waals surface area contributed by atoms with E-state index in [9.17, 15) is 9.90 Å². The Hall–Kier alpha value is -2.25. The number of likely N-dealkylation sites (N-methyl/N-ethyl adjacent to an activating group) is 1. The Balaban J connectivity index is 1.67. The second-order valence-corrected chi connectivity index (χ2v) is 7.43. The number of aromatic hydroxyl groups is 1. The van der Waals surface area contributed by atoms with Gasteiger partial charge in [-0.2, -0.15) is 0 Å². The molecule has 1 aromatic carbocycles. The maximum Gasteiger partial charge on any atom is 0.256 e. The summed E-state index contributed by atoms with van der Waals surface area (Å²) >= 11 is 1.68. The number of nitrogens with one attached hydrogen (secondary N) is 3. The molecule has 126 valence electrons. The van der Waals surface area contributed by atoms with Crippen LogP contribution < -0.4 is 20.3 Å². The molecule has 4 rings (SSSR count). The molecule has 2 aliphatic heterocycles. The fourth-order valence-corrected chi connectivity index (χ4v) is 4.77. The molecule has 2 aliphatic rings. The highest BCUT2D eigenvalue weighted by Crippen LogP contribution is 2.39. The molecule has 0 saturated carbocycles. The number of carbonyl (C=O) groups is 1. The van der Waals surface area contributed by atoms with Crippen molar-refractivity contribution in [1.29, 1.82) is 0 Å². The van der Waals surface area contributed by atoms with E-state index in [2.05, 4.69) is 17.7 Å². The van der Waals surface area contributed by atoms with Gasteiger partial charge in [0.1, 0.15) is 17.7 Å². The van der Waals surface area contributed by atoms with Crippen molar-refractivity contribution in [3.63, 3.8) is 0 Å². The minimum atomic E-state index is -0.355. The summed E-state index contributed by atoms with van der Waals surface area (Å²) in [5, 5.41) is 17.3. The number of fused-ring (bicyclic) bond motifs is 3. The third-order valence-electron chi connectivity index (χ3n) is 4.67. The van der Waals surface area contributed by atoms with Crippen LogP contribution in [0.1, 0.15) is 32.5 Å². The molecule has 0 spiro atoms. The Bertz CT molecular complexity index is 818. The molecule has 7 heteroatoms. The van der Waals surface area contributed by atoms with Gasteiger partial charge in [0.05, 0.1) is 31.1 Å². The molecule has 6 nitrogen and oxygen atoms in total. The Morgan fingerprint density at radius 2 is 2.21 bits per heavy atom. The second-order valence-electron chi connectivity index (χ2n) is 6.32. The van der Waals surface area contributed by atoms with Gasteiger partial charge in [0.2, 0.25) is 0 Å². The SMILES string of the molecule is COc1ccc([C@@H]2NC(=O)c3c(sc4c3CC[NH+](C)C4)N2)cc1O. The van der Waals surface area contributed by atoms with Crippen molar-refractivity contribution in [2.24, 2.45) is 0 Å². The molecule has 1 unspecified atom stereocenters. The number of carbonyl (C=O) groups excluding carboxylic acids is 1. The number of anilines is 1. The van der Waals surface area contributed by atoms with E-state index in [-0.39, 0.29) is 17.8 Å². The van der Waals surface area contributed by atoms with E-state index < -0.39 is 0 Å². The van der Waals surface area contributed by atoms with Crippen molar-refractivity contribution in [3.05, 3.63) is 39.8 Å². The number of hydrogen-bond acceptors (Lipinski definition) is 5. The lowest BCUT2D eigenvalue weighted by molar-refractivity contribution is -0.895. The molecular formula is C17H20N3O3S+. The standard InChI is InChI=1S/C17H19N3O3S/c1-20-6-5-10-13(8-20)24-17-14(10)16(22)18-15(19-17)9-3-4-12(23-2)11(21)7-9/h3-4,7,15,19,21H,5-6,8H2,1-2H3,(H,18,22)/p+1/t15-/m1/s1. The topological polar surface area (TPSA) is 75.0 Å². The van der Waals surface area contributed by atoms with Crippen LogP contribution in [-0.2, 0) is 13.0 Å². The van der Waals surface area contributed by atoms with Crippen LogP contribution in [0.3, 0.4) is 0 Å². The van der Waals surface area contributed by atoms with Crippen molar-refractivity contribution in [2.45, 2.75) is 19.1 Å². The summed E-state index contributed by atoms with van der Waals surface area (Å²) in [6.07, 6.45) is 0.586. The Labute approximate surface area is 144 Å². The number of ether oxygens (including phenoxy) is 1. The fraction of sp³-hybridized carbons (Fsp3) is 0.353. The molecular weight excluding hydrogens is 326 g/mol. The van der Waals surface area contributed by atoms with Gasteiger partial charge >= 0.3 is 0 Å². The minimum Gasteiger partial charge on any atom is -0.504 e. The summed E-state index contributed by atoms with van der Waals surface area (Å²) in [7, 11) is 3.69. The van der Waals surface area contributed by atoms with Gasteiger partial charge in [-0.1, -0.05) is 6.07 Å². The van der Waals surface area contributed by atoms with Crippen LogP contribution in [0.25, 0.3) is 0 Å². The highest BCUT2D eigenvalue weighted by Gasteiger charge is 2.34. The first-order chi connectivity index (χ1) is 11.6. The van der Waals surface area contributed by atoms with Crippen LogP contribution in [0.5, 0.6) is 11.5 Å². The second kappa shape index (κ2) is 5.68. The van der Waals surface area contributed by atoms with E-state index in [0.717, 1.165) is 35.6 Å². The van der Waals surface area contributed by atoms with Crippen molar-refractivity contribution in [3.8, 4) is 11.5 Å². The summed E-state index contributed by atoms with van der Waals surface area (Å²) in [5.41, 5.74) is 2.79. The zero-order valence-corrected chi connectivity index (χ0v) is 14.4. The van der Waals surface area contributed by atoms with Crippen LogP contribution in [-0.4, -0.2) is 31.7 Å². The smallest absolute Gasteiger partial charge is 0.256 e. The van der Waals surface area contributed by atoms with Gasteiger partial charge < -0.3 is 25.4 Å². The minimum absolute atomic E-state index is 0.0406. The van der Waals surface area contributed by atoms with Crippen LogP contribution in [0, 0.1) is 0 Å². The maximum atomic E-state index is 12.7. The first-order valence-electron chi connectivity index (χ1n) is 7.97. The van der Waals surface area contributed by atoms with Gasteiger partial charge in [-0.3, -0.25) is 4.79 Å². The lowest BCUT2D eigenvalue weighted by atomic mass is 10.0. The molecule has 2 aromatic rings. The lowest BCUT2D eigenvalue weighted by Crippen LogP contribution is -3.08. The van der Waals surface area contributed by atoms with E-state index in [1.165, 1.54) is 22.5 Å². The summed E-state index contributed by atoms with van der Waals surface area (Å²) in [4.78, 5) is 15.4. The van der Waals surface area contributed by atoms with Crippen molar-refractivity contribution < 1.29 is 19.5 Å². The largest absolute Gasteiger partial charge is 0.504 e. The lowest BCUT2D eigenvalue weighted by Gasteiger charge is -2.27. The summed E-state index contributed by atoms with van der Waals surface area (Å²) in [6, 6.07) is 5.16. The van der Waals surface area contributed by atoms with Crippen LogP contribution in [0.15, 0.2) is 18.2 Å². The molecule has 0 fully saturated rings. The highest BCUT2D eigenvalue weighted by atomic mass is 32.1. The first kappa shape index (κ1) is 15.3. The van der Waals surface area contributed by atoms with E-state index in [1.54, 1.807) is 23.5 Å². The Morgan fingerprint density at radius 3 is 2.96 bits per heavy atom. The molecule has 1 amide bonds. The van der Waals surface area contributed by atoms with Crippen LogP contribution in [0.2, 0.25) is 0 Å². The molecule has 1 aromatic heterocycles. The Kier molecular flexibility index (Phi) is 3.62. The Morgan fingerprint density at radius 1 is 1.38 bits per heavy atom. The zero-order chi connectivity index (χ0) is 16.8. The number of rotatable bonds is 2. The third-order valence-corrected chi connectivity index (χ3v) is 5.83. The molecule has 0 aliphatic carbocycles. The molecule has 24 heavy (non-hydrogen) atoms. The normalized spacial score (nSPS) is 22.2. The van der Waals surface area contributed by atoms with Crippen molar-refractivity contribution in [1.82, 2.24) is 5.32 Å². The maximum absolute atomic E-state index is 12.7. The summed E-state index contributed by atoms with van der Waals surface area (Å²) in [5.74, 6) is 0.438. The summed E-state index contributed by atoms with van der Waals surface area (Å²) < 4.78 is 5.07. The number of phenolic OH excluding ortho intramolecular Hbond substituents is 1. The fourth-order valence-electron chi connectivity index (χ4n) is 3.39. The van der Waals surface area contributed by atoms with Crippen LogP contribution >= 0.6 is 11.3 Å². The first-order valence-corrected chi connectivity index (χ1v) is 8.78. The predicted molar refractivity (Wildman–Crippen MR) is 92.0 cm³/mol. The molecule has 3 heterocycles. The average molecular weight is 346 g/mol. The van der Waals surface area contributed by atoms with Crippen molar-refractivity contribution >= 4 is 22.2 Å². The van der Waals surface area contributed by atoms with Gasteiger partial charge in [0.15, 0.2) is 11.5 Å². The van der Waals surface area contributed by atoms with E-state index in [1.807, 2.05) is 6.07 Å². The molecule has 4 N–H and O–H groups in total. The number of methoxy groups -OCH3 is 1. The van der Waals surface area contributed by atoms with Gasteiger partial charge in [-0.25, -0.2) is 0 Å². The van der Waals surface area contributed by atoms with Gasteiger partial charge in [0, 0.05) is 6.42 Å². The van der Waals surface area contributed by atoms with Gasteiger partial charge in [-0.05, 0) is 23.3 Å². The van der Waals surface area contributed by atoms with Gasteiger partial charge in [0.25, 0.3) is 5.91 Å². The highest BCUT2D eigenvalue weighted by molar-refractivity contribution is 7.16. The molecule has 2 atom stereocenters. The molecule has 0 bridgehead atoms. The number of phenols is 1. The van der Waals surface area contributed by atoms with E-state index in [0.29, 0.717) is 5.75 Å². The van der Waals surface area contributed by atoms with E-state index >= 15 is 0 Å². The number of quaternary nitrogens is 1. The quantitative estimate of drug-likeness (QED) is 0.651. The zero-order valence-electron chi connectivity index (χ0n) is 13.6. The van der Waals surface area contributed by atoms with Crippen LogP contribution in [0.4, 0.5) is 5.00 Å². The molecule has 0 saturated heterocycles. The number of amides is 1. The number of thiophene rings is 1. The predicted octanol–water partition coefficient (Wildman–Crippen LogP) is 0.887. The van der Waals surface area contributed by atoms with Gasteiger partial charge in [-0.15, -0.1) is 11.3 Å². The third kappa shape index (κ3) is 2.40. The number of benzene rings is 1.